The minimum absolute atomic E-state index is 0.192. The Labute approximate surface area is 128 Å². The van der Waals surface area contributed by atoms with E-state index < -0.39 is 0 Å². The number of carbonyl (C=O) groups excluding carboxylic acids is 1. The lowest BCUT2D eigenvalue weighted by Crippen LogP contribution is -2.24. The summed E-state index contributed by atoms with van der Waals surface area (Å²) < 4.78 is 0. The van der Waals surface area contributed by atoms with Gasteiger partial charge in [-0.05, 0) is 31.0 Å². The maximum Gasteiger partial charge on any atom is 0.227 e. The highest BCUT2D eigenvalue weighted by atomic mass is 16.1. The van der Waals surface area contributed by atoms with Crippen LogP contribution in [0, 0.1) is 5.92 Å². The fraction of sp³-hybridized carbons (Fsp3) is 0.611. The van der Waals surface area contributed by atoms with Gasteiger partial charge in [-0.15, -0.1) is 0 Å². The zero-order chi connectivity index (χ0) is 14.9. The van der Waals surface area contributed by atoms with Gasteiger partial charge in [-0.2, -0.15) is 0 Å². The van der Waals surface area contributed by atoms with Gasteiger partial charge in [-0.1, -0.05) is 57.2 Å². The van der Waals surface area contributed by atoms with E-state index in [2.05, 4.69) is 23.6 Å². The molecule has 3 heteroatoms. The second-order valence-electron chi connectivity index (χ2n) is 5.97. The van der Waals surface area contributed by atoms with Gasteiger partial charge in [0.1, 0.15) is 0 Å². The number of rotatable bonds is 5. The van der Waals surface area contributed by atoms with Crippen molar-refractivity contribution in [3.05, 3.63) is 29.8 Å². The summed E-state index contributed by atoms with van der Waals surface area (Å²) in [5, 5.41) is 6.48. The summed E-state index contributed by atoms with van der Waals surface area (Å²) in [6.45, 7) is 3.83. The first kappa shape index (κ1) is 16.0. The lowest BCUT2D eigenvalue weighted by molar-refractivity contribution is -0.120. The summed E-state index contributed by atoms with van der Waals surface area (Å²) in [4.78, 5) is 12.5. The van der Waals surface area contributed by atoms with Gasteiger partial charge in [0.15, 0.2) is 0 Å². The van der Waals surface area contributed by atoms with E-state index in [1.807, 2.05) is 18.2 Å². The molecule has 1 aliphatic rings. The minimum atomic E-state index is 0.192. The Kier molecular flexibility index (Phi) is 6.74. The third kappa shape index (κ3) is 5.16. The van der Waals surface area contributed by atoms with E-state index in [-0.39, 0.29) is 11.8 Å². The van der Waals surface area contributed by atoms with Crippen molar-refractivity contribution in [3.8, 4) is 0 Å². The SMILES string of the molecule is CCNCc1ccccc1NC(=O)C1CCCCCCC1. The lowest BCUT2D eigenvalue weighted by Gasteiger charge is -2.20. The molecule has 1 aromatic carbocycles. The van der Waals surface area contributed by atoms with Gasteiger partial charge in [0.2, 0.25) is 5.91 Å². The van der Waals surface area contributed by atoms with E-state index in [0.717, 1.165) is 31.6 Å². The predicted molar refractivity (Wildman–Crippen MR) is 88.3 cm³/mol. The molecule has 1 fully saturated rings. The average molecular weight is 288 g/mol. The smallest absolute Gasteiger partial charge is 0.227 e. The number of hydrogen-bond donors (Lipinski definition) is 2. The molecule has 0 unspecified atom stereocenters. The molecule has 116 valence electrons. The molecule has 21 heavy (non-hydrogen) atoms. The maximum absolute atomic E-state index is 12.5. The summed E-state index contributed by atoms with van der Waals surface area (Å²) in [5.74, 6) is 0.401. The highest BCUT2D eigenvalue weighted by molar-refractivity contribution is 5.93. The Morgan fingerprint density at radius 2 is 1.76 bits per heavy atom. The van der Waals surface area contributed by atoms with Crippen LogP contribution in [0.3, 0.4) is 0 Å². The predicted octanol–water partition coefficient (Wildman–Crippen LogP) is 4.10. The van der Waals surface area contributed by atoms with Crippen LogP contribution in [0.15, 0.2) is 24.3 Å². The topological polar surface area (TPSA) is 41.1 Å². The highest BCUT2D eigenvalue weighted by Gasteiger charge is 2.20. The summed E-state index contributed by atoms with van der Waals surface area (Å²) in [6, 6.07) is 8.10. The van der Waals surface area contributed by atoms with Gasteiger partial charge < -0.3 is 10.6 Å². The largest absolute Gasteiger partial charge is 0.326 e. The molecular weight excluding hydrogens is 260 g/mol. The molecule has 1 amide bonds. The van der Waals surface area contributed by atoms with E-state index >= 15 is 0 Å². The van der Waals surface area contributed by atoms with Crippen LogP contribution in [-0.4, -0.2) is 12.5 Å². The molecule has 0 atom stereocenters. The molecule has 0 heterocycles. The first-order valence-corrected chi connectivity index (χ1v) is 8.40. The first-order valence-electron chi connectivity index (χ1n) is 8.40. The Morgan fingerprint density at radius 3 is 2.48 bits per heavy atom. The van der Waals surface area contributed by atoms with Crippen molar-refractivity contribution in [1.82, 2.24) is 5.32 Å². The van der Waals surface area contributed by atoms with Crippen LogP contribution in [0.2, 0.25) is 0 Å². The second-order valence-corrected chi connectivity index (χ2v) is 5.97. The van der Waals surface area contributed by atoms with Crippen LogP contribution in [0.5, 0.6) is 0 Å². The van der Waals surface area contributed by atoms with Gasteiger partial charge in [0.05, 0.1) is 0 Å². The zero-order valence-corrected chi connectivity index (χ0v) is 13.2. The average Bonchev–Trinajstić information content (AvgIpc) is 2.46. The summed E-state index contributed by atoms with van der Waals surface area (Å²) in [7, 11) is 0. The quantitative estimate of drug-likeness (QED) is 0.856. The first-order chi connectivity index (χ1) is 10.3. The van der Waals surface area contributed by atoms with Gasteiger partial charge in [0, 0.05) is 18.2 Å². The fourth-order valence-electron chi connectivity index (χ4n) is 3.01. The Morgan fingerprint density at radius 1 is 1.10 bits per heavy atom. The fourth-order valence-corrected chi connectivity index (χ4v) is 3.01. The number of carbonyl (C=O) groups is 1. The standard InChI is InChI=1S/C18H28N2O/c1-2-19-14-16-12-8-9-13-17(16)20-18(21)15-10-6-4-3-5-7-11-15/h8-9,12-13,15,19H,2-7,10-11,14H2,1H3,(H,20,21). The molecule has 0 radical (unpaired) electrons. The van der Waals surface area contributed by atoms with Crippen LogP contribution in [0.25, 0.3) is 0 Å². The molecule has 0 aromatic heterocycles. The summed E-state index contributed by atoms with van der Waals surface area (Å²) >= 11 is 0. The van der Waals surface area contributed by atoms with E-state index in [1.165, 1.54) is 37.7 Å². The number of anilines is 1. The number of nitrogens with one attached hydrogen (secondary N) is 2. The Balaban J connectivity index is 1.97. The molecule has 2 rings (SSSR count). The number of benzene rings is 1. The summed E-state index contributed by atoms with van der Waals surface area (Å²) in [6.07, 6.45) is 8.36. The monoisotopic (exact) mass is 288 g/mol. The van der Waals surface area contributed by atoms with E-state index in [0.29, 0.717) is 0 Å². The van der Waals surface area contributed by atoms with Crippen molar-refractivity contribution >= 4 is 11.6 Å². The van der Waals surface area contributed by atoms with Gasteiger partial charge >= 0.3 is 0 Å². The normalized spacial score (nSPS) is 17.0. The van der Waals surface area contributed by atoms with Crippen molar-refractivity contribution in [3.63, 3.8) is 0 Å². The Hall–Kier alpha value is -1.35. The molecule has 1 aromatic rings. The molecule has 1 saturated carbocycles. The van der Waals surface area contributed by atoms with E-state index in [1.54, 1.807) is 0 Å². The van der Waals surface area contributed by atoms with Crippen LogP contribution < -0.4 is 10.6 Å². The van der Waals surface area contributed by atoms with Crippen LogP contribution in [-0.2, 0) is 11.3 Å². The maximum atomic E-state index is 12.5. The third-order valence-corrected chi connectivity index (χ3v) is 4.32. The number of para-hydroxylation sites is 1. The summed E-state index contributed by atoms with van der Waals surface area (Å²) in [5.41, 5.74) is 2.13. The lowest BCUT2D eigenvalue weighted by atomic mass is 9.90. The van der Waals surface area contributed by atoms with Gasteiger partial charge in [0.25, 0.3) is 0 Å². The molecule has 2 N–H and O–H groups in total. The Bertz CT molecular complexity index is 437. The van der Waals surface area contributed by atoms with Crippen molar-refractivity contribution < 1.29 is 4.79 Å². The molecule has 3 nitrogen and oxygen atoms in total. The molecule has 0 spiro atoms. The highest BCUT2D eigenvalue weighted by Crippen LogP contribution is 2.24. The molecule has 0 bridgehead atoms. The van der Waals surface area contributed by atoms with E-state index in [9.17, 15) is 4.79 Å². The van der Waals surface area contributed by atoms with Crippen LogP contribution in [0.4, 0.5) is 5.69 Å². The van der Waals surface area contributed by atoms with Gasteiger partial charge in [-0.25, -0.2) is 0 Å². The second kappa shape index (κ2) is 8.83. The zero-order valence-electron chi connectivity index (χ0n) is 13.2. The van der Waals surface area contributed by atoms with Crippen molar-refractivity contribution in [1.29, 1.82) is 0 Å². The number of amides is 1. The molecule has 0 aliphatic heterocycles. The van der Waals surface area contributed by atoms with Crippen LogP contribution in [0.1, 0.15) is 57.4 Å². The molecular formula is C18H28N2O. The van der Waals surface area contributed by atoms with Crippen molar-refractivity contribution in [2.75, 3.05) is 11.9 Å². The third-order valence-electron chi connectivity index (χ3n) is 4.32. The number of hydrogen-bond acceptors (Lipinski definition) is 2. The van der Waals surface area contributed by atoms with Crippen molar-refractivity contribution in [2.45, 2.75) is 58.4 Å². The van der Waals surface area contributed by atoms with Crippen molar-refractivity contribution in [2.24, 2.45) is 5.92 Å². The van der Waals surface area contributed by atoms with E-state index in [4.69, 9.17) is 0 Å². The van der Waals surface area contributed by atoms with Crippen LogP contribution >= 0.6 is 0 Å². The minimum Gasteiger partial charge on any atom is -0.326 e. The molecule has 1 aliphatic carbocycles. The van der Waals surface area contributed by atoms with Gasteiger partial charge in [-0.3, -0.25) is 4.79 Å². The molecule has 0 saturated heterocycles.